The number of aromatic nitrogens is 1. The Bertz CT molecular complexity index is 730. The van der Waals surface area contributed by atoms with Crippen LogP contribution in [-0.2, 0) is 11.2 Å². The molecule has 24 heavy (non-hydrogen) atoms. The Hall–Kier alpha value is -2.56. The molecule has 0 saturated heterocycles. The Balaban J connectivity index is 1.66. The first-order chi connectivity index (χ1) is 11.6. The summed E-state index contributed by atoms with van der Waals surface area (Å²) in [5.74, 6) is 1.46. The molecule has 126 valence electrons. The Labute approximate surface area is 142 Å². The number of rotatable bonds is 4. The molecule has 0 bridgehead atoms. The van der Waals surface area contributed by atoms with Crippen LogP contribution in [0.15, 0.2) is 36.5 Å². The highest BCUT2D eigenvalue weighted by Crippen LogP contribution is 2.32. The zero-order valence-corrected chi connectivity index (χ0v) is 14.0. The van der Waals surface area contributed by atoms with Crippen molar-refractivity contribution in [1.29, 1.82) is 0 Å². The summed E-state index contributed by atoms with van der Waals surface area (Å²) in [4.78, 5) is 16.6. The average molecular weight is 326 g/mol. The number of ether oxygens (including phenoxy) is 2. The van der Waals surface area contributed by atoms with Gasteiger partial charge in [-0.3, -0.25) is 9.78 Å². The van der Waals surface area contributed by atoms with Crippen LogP contribution in [0.5, 0.6) is 11.5 Å². The van der Waals surface area contributed by atoms with Crippen LogP contribution in [0.4, 0.5) is 0 Å². The van der Waals surface area contributed by atoms with Gasteiger partial charge in [0.25, 0.3) is 0 Å². The lowest BCUT2D eigenvalue weighted by Gasteiger charge is -2.16. The Morgan fingerprint density at radius 2 is 2.04 bits per heavy atom. The molecule has 1 aliphatic rings. The maximum atomic E-state index is 12.3. The molecule has 2 heterocycles. The highest BCUT2D eigenvalue weighted by molar-refractivity contribution is 5.78. The molecule has 3 rings (SSSR count). The van der Waals surface area contributed by atoms with Crippen molar-refractivity contribution < 1.29 is 14.3 Å². The van der Waals surface area contributed by atoms with E-state index in [9.17, 15) is 4.79 Å². The van der Waals surface area contributed by atoms with E-state index in [2.05, 4.69) is 10.3 Å². The highest BCUT2D eigenvalue weighted by atomic mass is 16.5. The van der Waals surface area contributed by atoms with Crippen LogP contribution in [-0.4, -0.2) is 24.1 Å². The molecule has 0 spiro atoms. The van der Waals surface area contributed by atoms with Crippen molar-refractivity contribution in [3.63, 3.8) is 0 Å². The highest BCUT2D eigenvalue weighted by Gasteiger charge is 2.16. The minimum absolute atomic E-state index is 0.0450. The Morgan fingerprint density at radius 1 is 1.25 bits per heavy atom. The number of pyridine rings is 1. The molecule has 0 saturated carbocycles. The predicted octanol–water partition coefficient (Wildman–Crippen LogP) is 2.97. The summed E-state index contributed by atoms with van der Waals surface area (Å²) in [6.07, 6.45) is 2.87. The first-order valence-corrected chi connectivity index (χ1v) is 8.23. The van der Waals surface area contributed by atoms with Gasteiger partial charge in [0.15, 0.2) is 11.5 Å². The molecule has 1 aromatic heterocycles. The number of carbonyl (C=O) groups is 1. The van der Waals surface area contributed by atoms with E-state index in [0.29, 0.717) is 13.2 Å². The summed E-state index contributed by atoms with van der Waals surface area (Å²) in [6, 6.07) is 9.53. The summed E-state index contributed by atoms with van der Waals surface area (Å²) < 4.78 is 11.3. The van der Waals surface area contributed by atoms with Crippen molar-refractivity contribution in [2.75, 3.05) is 13.2 Å². The van der Waals surface area contributed by atoms with Crippen LogP contribution in [0.1, 0.15) is 36.2 Å². The summed E-state index contributed by atoms with van der Waals surface area (Å²) in [5, 5.41) is 3.02. The van der Waals surface area contributed by atoms with Crippen molar-refractivity contribution in [3.8, 4) is 11.5 Å². The minimum atomic E-state index is -0.112. The smallest absolute Gasteiger partial charge is 0.226 e. The number of nitrogens with one attached hydrogen (secondary N) is 1. The number of hydrogen-bond donors (Lipinski definition) is 1. The molecular weight excluding hydrogens is 304 g/mol. The van der Waals surface area contributed by atoms with Gasteiger partial charge in [0, 0.05) is 12.6 Å². The molecule has 2 aromatic rings. The number of amides is 1. The molecule has 1 aromatic carbocycles. The average Bonchev–Trinajstić information content (AvgIpc) is 2.81. The van der Waals surface area contributed by atoms with Gasteiger partial charge < -0.3 is 14.8 Å². The monoisotopic (exact) mass is 326 g/mol. The summed E-state index contributed by atoms with van der Waals surface area (Å²) in [6.45, 7) is 5.24. The van der Waals surface area contributed by atoms with E-state index in [-0.39, 0.29) is 18.4 Å². The standard InChI is InChI=1S/C19H22N2O3/c1-13-5-3-8-20-16(13)12-19(22)21-14(2)15-6-7-17-18(11-15)24-10-4-9-23-17/h3,5-8,11,14H,4,9-10,12H2,1-2H3,(H,21,22). The molecule has 0 aliphatic carbocycles. The van der Waals surface area contributed by atoms with Gasteiger partial charge in [-0.05, 0) is 43.2 Å². The first-order valence-electron chi connectivity index (χ1n) is 8.23. The zero-order chi connectivity index (χ0) is 16.9. The van der Waals surface area contributed by atoms with Gasteiger partial charge in [0.1, 0.15) is 0 Å². The van der Waals surface area contributed by atoms with Crippen LogP contribution in [0, 0.1) is 6.92 Å². The van der Waals surface area contributed by atoms with Gasteiger partial charge in [0.2, 0.25) is 5.91 Å². The lowest BCUT2D eigenvalue weighted by Crippen LogP contribution is -2.28. The second kappa shape index (κ2) is 7.34. The fraction of sp³-hybridized carbons (Fsp3) is 0.368. The van der Waals surface area contributed by atoms with Gasteiger partial charge in [-0.2, -0.15) is 0 Å². The van der Waals surface area contributed by atoms with Crippen molar-refractivity contribution >= 4 is 5.91 Å². The third kappa shape index (κ3) is 3.85. The second-order valence-corrected chi connectivity index (χ2v) is 5.99. The molecule has 1 amide bonds. The van der Waals surface area contributed by atoms with Crippen molar-refractivity contribution in [2.24, 2.45) is 0 Å². The number of fused-ring (bicyclic) bond motifs is 1. The number of benzene rings is 1. The topological polar surface area (TPSA) is 60.5 Å². The van der Waals surface area contributed by atoms with Crippen LogP contribution in [0.3, 0.4) is 0 Å². The van der Waals surface area contributed by atoms with Gasteiger partial charge in [-0.1, -0.05) is 12.1 Å². The van der Waals surface area contributed by atoms with Gasteiger partial charge in [-0.25, -0.2) is 0 Å². The van der Waals surface area contributed by atoms with E-state index in [1.54, 1.807) is 6.20 Å². The second-order valence-electron chi connectivity index (χ2n) is 5.99. The largest absolute Gasteiger partial charge is 0.490 e. The first kappa shape index (κ1) is 16.3. The number of nitrogens with zero attached hydrogens (tertiary/aromatic N) is 1. The minimum Gasteiger partial charge on any atom is -0.490 e. The van der Waals surface area contributed by atoms with E-state index in [1.165, 1.54) is 0 Å². The molecular formula is C19H22N2O3. The third-order valence-corrected chi connectivity index (χ3v) is 4.09. The molecule has 5 heteroatoms. The number of hydrogen-bond acceptors (Lipinski definition) is 4. The van der Waals surface area contributed by atoms with Crippen LogP contribution < -0.4 is 14.8 Å². The van der Waals surface area contributed by atoms with E-state index >= 15 is 0 Å². The van der Waals surface area contributed by atoms with E-state index < -0.39 is 0 Å². The predicted molar refractivity (Wildman–Crippen MR) is 91.3 cm³/mol. The van der Waals surface area contributed by atoms with Crippen LogP contribution >= 0.6 is 0 Å². The van der Waals surface area contributed by atoms with Crippen molar-refractivity contribution in [2.45, 2.75) is 32.7 Å². The molecule has 0 fully saturated rings. The summed E-state index contributed by atoms with van der Waals surface area (Å²) >= 11 is 0. The van der Waals surface area contributed by atoms with Crippen LogP contribution in [0.2, 0.25) is 0 Å². The molecule has 1 aliphatic heterocycles. The number of aryl methyl sites for hydroxylation is 1. The van der Waals surface area contributed by atoms with Crippen molar-refractivity contribution in [3.05, 3.63) is 53.3 Å². The molecule has 1 atom stereocenters. The fourth-order valence-corrected chi connectivity index (χ4v) is 2.68. The molecule has 0 radical (unpaired) electrons. The Kier molecular flexibility index (Phi) is 4.99. The molecule has 1 N–H and O–H groups in total. The van der Waals surface area contributed by atoms with E-state index in [4.69, 9.17) is 9.47 Å². The normalized spacial score (nSPS) is 14.6. The van der Waals surface area contributed by atoms with E-state index in [0.717, 1.165) is 34.7 Å². The van der Waals surface area contributed by atoms with Crippen LogP contribution in [0.25, 0.3) is 0 Å². The summed E-state index contributed by atoms with van der Waals surface area (Å²) in [5.41, 5.74) is 2.82. The third-order valence-electron chi connectivity index (χ3n) is 4.09. The number of carbonyl (C=O) groups excluding carboxylic acids is 1. The quantitative estimate of drug-likeness (QED) is 0.938. The maximum Gasteiger partial charge on any atom is 0.226 e. The Morgan fingerprint density at radius 3 is 2.83 bits per heavy atom. The van der Waals surface area contributed by atoms with Gasteiger partial charge in [-0.15, -0.1) is 0 Å². The molecule has 1 unspecified atom stereocenters. The lowest BCUT2D eigenvalue weighted by atomic mass is 10.1. The SMILES string of the molecule is Cc1cccnc1CC(=O)NC(C)c1ccc2c(c1)OCCCO2. The van der Waals surface area contributed by atoms with Gasteiger partial charge in [0.05, 0.1) is 31.4 Å². The van der Waals surface area contributed by atoms with Crippen molar-refractivity contribution in [1.82, 2.24) is 10.3 Å². The fourth-order valence-electron chi connectivity index (χ4n) is 2.68. The summed E-state index contributed by atoms with van der Waals surface area (Å²) in [7, 11) is 0. The molecule has 5 nitrogen and oxygen atoms in total. The maximum absolute atomic E-state index is 12.3. The lowest BCUT2D eigenvalue weighted by molar-refractivity contribution is -0.121. The van der Waals surface area contributed by atoms with E-state index in [1.807, 2.05) is 44.2 Å². The zero-order valence-electron chi connectivity index (χ0n) is 14.0. The van der Waals surface area contributed by atoms with Gasteiger partial charge >= 0.3 is 0 Å².